The number of hydrogen-bond acceptors (Lipinski definition) is 3. The molecule has 1 aliphatic rings. The highest BCUT2D eigenvalue weighted by Gasteiger charge is 2.40. The Labute approximate surface area is 154 Å². The first-order chi connectivity index (χ1) is 11.6. The molecule has 0 aliphatic carbocycles. The smallest absolute Gasteiger partial charge is 0.264 e. The molecule has 0 spiro atoms. The number of carbonyl (C=O) groups is 2. The minimum atomic E-state index is -1.07. The molecule has 1 heterocycles. The van der Waals surface area contributed by atoms with Gasteiger partial charge in [0.15, 0.2) is 6.10 Å². The number of anilines is 1. The van der Waals surface area contributed by atoms with Crippen LogP contribution in [0.1, 0.15) is 29.3 Å². The molecule has 24 heavy (non-hydrogen) atoms. The molecule has 4 nitrogen and oxygen atoms in total. The van der Waals surface area contributed by atoms with E-state index in [1.807, 2.05) is 55.5 Å². The van der Waals surface area contributed by atoms with Crippen molar-refractivity contribution in [1.29, 1.82) is 0 Å². The highest BCUT2D eigenvalue weighted by atomic mass is 127. The Morgan fingerprint density at radius 3 is 2.58 bits per heavy atom. The molecule has 2 aromatic carbocycles. The predicted octanol–water partition coefficient (Wildman–Crippen LogP) is 3.82. The molecule has 0 radical (unpaired) electrons. The number of hydrogen-bond donors (Lipinski definition) is 0. The fourth-order valence-corrected chi connectivity index (χ4v) is 3.30. The van der Waals surface area contributed by atoms with Crippen LogP contribution in [0.25, 0.3) is 0 Å². The lowest BCUT2D eigenvalue weighted by Crippen LogP contribution is -2.49. The third kappa shape index (κ3) is 3.37. The van der Waals surface area contributed by atoms with E-state index >= 15 is 0 Å². The molecule has 124 valence electrons. The number of rotatable bonds is 5. The fourth-order valence-electron chi connectivity index (χ4n) is 2.81. The molecule has 0 bridgehead atoms. The SMILES string of the molecule is CCCN1C(=O)C(OCc2ccccc2)C(=O)c2cc(I)ccc21. The average Bonchev–Trinajstić information content (AvgIpc) is 2.59. The van der Waals surface area contributed by atoms with Gasteiger partial charge >= 0.3 is 0 Å². The van der Waals surface area contributed by atoms with E-state index in [9.17, 15) is 9.59 Å². The van der Waals surface area contributed by atoms with Gasteiger partial charge in [0.05, 0.1) is 12.3 Å². The summed E-state index contributed by atoms with van der Waals surface area (Å²) in [6.45, 7) is 2.82. The van der Waals surface area contributed by atoms with Gasteiger partial charge in [-0.1, -0.05) is 37.3 Å². The van der Waals surface area contributed by atoms with Crippen LogP contribution in [0.3, 0.4) is 0 Å². The molecule has 0 N–H and O–H groups in total. The van der Waals surface area contributed by atoms with Crippen LogP contribution in [-0.4, -0.2) is 24.3 Å². The molecular formula is C19H18INO3. The summed E-state index contributed by atoms with van der Waals surface area (Å²) in [6.07, 6.45) is -0.251. The monoisotopic (exact) mass is 435 g/mol. The molecule has 1 amide bonds. The van der Waals surface area contributed by atoms with Crippen LogP contribution >= 0.6 is 22.6 Å². The van der Waals surface area contributed by atoms with Gasteiger partial charge in [-0.2, -0.15) is 0 Å². The second-order valence-corrected chi connectivity index (χ2v) is 6.94. The molecule has 0 saturated carbocycles. The number of halogens is 1. The second-order valence-electron chi connectivity index (χ2n) is 5.69. The molecule has 3 rings (SSSR count). The van der Waals surface area contributed by atoms with E-state index in [4.69, 9.17) is 4.74 Å². The summed E-state index contributed by atoms with van der Waals surface area (Å²) >= 11 is 2.17. The lowest BCUT2D eigenvalue weighted by atomic mass is 9.97. The number of fused-ring (bicyclic) bond motifs is 1. The first-order valence-electron chi connectivity index (χ1n) is 7.92. The van der Waals surface area contributed by atoms with Gasteiger partial charge in [-0.05, 0) is 52.8 Å². The Bertz CT molecular complexity index is 760. The highest BCUT2D eigenvalue weighted by Crippen LogP contribution is 2.31. The lowest BCUT2D eigenvalue weighted by Gasteiger charge is -2.33. The number of benzene rings is 2. The Kier molecular flexibility index (Phi) is 5.30. The molecule has 0 saturated heterocycles. The molecule has 5 heteroatoms. The van der Waals surface area contributed by atoms with Crippen LogP contribution in [0.4, 0.5) is 5.69 Å². The van der Waals surface area contributed by atoms with Crippen LogP contribution in [-0.2, 0) is 16.1 Å². The van der Waals surface area contributed by atoms with Crippen molar-refractivity contribution in [1.82, 2.24) is 0 Å². The Balaban J connectivity index is 1.89. The quantitative estimate of drug-likeness (QED) is 0.530. The molecule has 1 unspecified atom stereocenters. The van der Waals surface area contributed by atoms with Crippen molar-refractivity contribution < 1.29 is 14.3 Å². The number of carbonyl (C=O) groups excluding carboxylic acids is 2. The van der Waals surface area contributed by atoms with Gasteiger partial charge in [0, 0.05) is 15.7 Å². The van der Waals surface area contributed by atoms with Gasteiger partial charge < -0.3 is 9.64 Å². The van der Waals surface area contributed by atoms with Gasteiger partial charge in [0.25, 0.3) is 5.91 Å². The summed E-state index contributed by atoms with van der Waals surface area (Å²) in [5.74, 6) is -0.525. The van der Waals surface area contributed by atoms with Crippen molar-refractivity contribution in [2.75, 3.05) is 11.4 Å². The van der Waals surface area contributed by atoms with Crippen LogP contribution < -0.4 is 4.90 Å². The Morgan fingerprint density at radius 2 is 1.88 bits per heavy atom. The van der Waals surface area contributed by atoms with E-state index in [1.54, 1.807) is 4.90 Å². The van der Waals surface area contributed by atoms with Crippen LogP contribution in [0, 0.1) is 3.57 Å². The van der Waals surface area contributed by atoms with Crippen LogP contribution in [0.2, 0.25) is 0 Å². The highest BCUT2D eigenvalue weighted by molar-refractivity contribution is 14.1. The zero-order chi connectivity index (χ0) is 17.1. The number of amides is 1. The minimum absolute atomic E-state index is 0.238. The summed E-state index contributed by atoms with van der Waals surface area (Å²) in [7, 11) is 0. The zero-order valence-electron chi connectivity index (χ0n) is 13.4. The van der Waals surface area contributed by atoms with E-state index in [-0.39, 0.29) is 18.3 Å². The predicted molar refractivity (Wildman–Crippen MR) is 101 cm³/mol. The standard InChI is InChI=1S/C19H18INO3/c1-2-10-21-16-9-8-14(20)11-15(16)17(22)18(19(21)23)24-12-13-6-4-3-5-7-13/h3-9,11,18H,2,10,12H2,1H3. The summed E-state index contributed by atoms with van der Waals surface area (Å²) in [4.78, 5) is 27.2. The van der Waals surface area contributed by atoms with Crippen molar-refractivity contribution in [3.8, 4) is 0 Å². The minimum Gasteiger partial charge on any atom is -0.355 e. The lowest BCUT2D eigenvalue weighted by molar-refractivity contribution is -0.128. The summed E-state index contributed by atoms with van der Waals surface area (Å²) in [5.41, 5.74) is 2.19. The van der Waals surface area contributed by atoms with Crippen LogP contribution in [0.5, 0.6) is 0 Å². The first-order valence-corrected chi connectivity index (χ1v) is 9.00. The fraction of sp³-hybridized carbons (Fsp3) is 0.263. The summed E-state index contributed by atoms with van der Waals surface area (Å²) < 4.78 is 6.69. The maximum atomic E-state index is 12.8. The first kappa shape index (κ1) is 17.1. The Morgan fingerprint density at radius 1 is 1.12 bits per heavy atom. The van der Waals surface area contributed by atoms with E-state index in [2.05, 4.69) is 22.6 Å². The maximum Gasteiger partial charge on any atom is 0.264 e. The number of ether oxygens (including phenoxy) is 1. The number of ketones is 1. The Hall–Kier alpha value is -1.73. The normalized spacial score (nSPS) is 17.1. The van der Waals surface area contributed by atoms with Gasteiger partial charge in [-0.25, -0.2) is 0 Å². The number of nitrogens with zero attached hydrogens (tertiary/aromatic N) is 1. The third-order valence-electron chi connectivity index (χ3n) is 3.95. The molecular weight excluding hydrogens is 417 g/mol. The average molecular weight is 435 g/mol. The molecule has 2 aromatic rings. The topological polar surface area (TPSA) is 46.6 Å². The van der Waals surface area contributed by atoms with E-state index in [0.29, 0.717) is 17.8 Å². The largest absolute Gasteiger partial charge is 0.355 e. The van der Waals surface area contributed by atoms with Gasteiger partial charge in [0.2, 0.25) is 5.78 Å². The van der Waals surface area contributed by atoms with E-state index in [0.717, 1.165) is 15.6 Å². The van der Waals surface area contributed by atoms with Gasteiger partial charge in [0.1, 0.15) is 0 Å². The van der Waals surface area contributed by atoms with Crippen molar-refractivity contribution in [2.24, 2.45) is 0 Å². The third-order valence-corrected chi connectivity index (χ3v) is 4.62. The number of Topliss-reactive ketones (excluding diaryl/α,β-unsaturated/α-hetero) is 1. The van der Waals surface area contributed by atoms with Crippen molar-refractivity contribution in [3.05, 3.63) is 63.2 Å². The van der Waals surface area contributed by atoms with E-state index in [1.165, 1.54) is 0 Å². The molecule has 1 aliphatic heterocycles. The van der Waals surface area contributed by atoms with E-state index < -0.39 is 6.10 Å². The van der Waals surface area contributed by atoms with Crippen molar-refractivity contribution in [3.63, 3.8) is 0 Å². The molecule has 1 atom stereocenters. The van der Waals surface area contributed by atoms with Gasteiger partial charge in [-0.15, -0.1) is 0 Å². The van der Waals surface area contributed by atoms with Crippen molar-refractivity contribution >= 4 is 40.0 Å². The molecule has 0 fully saturated rings. The summed E-state index contributed by atoms with van der Waals surface area (Å²) in [6, 6.07) is 15.1. The van der Waals surface area contributed by atoms with Crippen LogP contribution in [0.15, 0.2) is 48.5 Å². The van der Waals surface area contributed by atoms with Crippen molar-refractivity contribution in [2.45, 2.75) is 26.1 Å². The molecule has 0 aromatic heterocycles. The summed E-state index contributed by atoms with van der Waals surface area (Å²) in [5, 5.41) is 0. The maximum absolute atomic E-state index is 12.8. The van der Waals surface area contributed by atoms with Gasteiger partial charge in [-0.3, -0.25) is 9.59 Å². The zero-order valence-corrected chi connectivity index (χ0v) is 15.5. The second kappa shape index (κ2) is 7.44.